The molecule has 2 aliphatic heterocycles. The molecule has 31 heavy (non-hydrogen) atoms. The van der Waals surface area contributed by atoms with E-state index in [4.69, 9.17) is 4.74 Å². The topological polar surface area (TPSA) is 80.6 Å². The van der Waals surface area contributed by atoms with Gasteiger partial charge in [0.15, 0.2) is 0 Å². The molecule has 1 aromatic heterocycles. The second kappa shape index (κ2) is 9.47. The molecule has 0 radical (unpaired) electrons. The van der Waals surface area contributed by atoms with Crippen molar-refractivity contribution >= 4 is 11.8 Å². The Labute approximate surface area is 182 Å². The van der Waals surface area contributed by atoms with Gasteiger partial charge in [0.25, 0.3) is 11.5 Å². The smallest absolute Gasteiger partial charge is 0.264 e. The van der Waals surface area contributed by atoms with E-state index in [-0.39, 0.29) is 22.9 Å². The summed E-state index contributed by atoms with van der Waals surface area (Å²) in [6, 6.07) is 9.69. The van der Waals surface area contributed by atoms with Gasteiger partial charge in [0, 0.05) is 46.0 Å². The number of fused-ring (bicyclic) bond motifs is 1. The second-order valence-corrected chi connectivity index (χ2v) is 8.39. The monoisotopic (exact) mass is 423 g/mol. The summed E-state index contributed by atoms with van der Waals surface area (Å²) in [6.07, 6.45) is 4.18. The predicted octanol–water partition coefficient (Wildman–Crippen LogP) is 1.96. The minimum atomic E-state index is -0.321. The average molecular weight is 424 g/mol. The minimum absolute atomic E-state index is 0.00348. The van der Waals surface area contributed by atoms with E-state index in [0.29, 0.717) is 38.5 Å². The van der Waals surface area contributed by atoms with Crippen molar-refractivity contribution in [2.75, 3.05) is 26.3 Å². The maximum Gasteiger partial charge on any atom is 0.264 e. The first kappa shape index (κ1) is 21.3. The van der Waals surface area contributed by atoms with E-state index in [2.05, 4.69) is 5.32 Å². The molecular weight excluding hydrogens is 394 g/mol. The Morgan fingerprint density at radius 2 is 2.03 bits per heavy atom. The lowest BCUT2D eigenvalue weighted by Gasteiger charge is -2.29. The van der Waals surface area contributed by atoms with Crippen LogP contribution in [0.25, 0.3) is 0 Å². The number of benzene rings is 1. The largest absolute Gasteiger partial charge is 0.381 e. The standard InChI is InChI=1S/C24H29N3O4/c1-17(28)26-11-8-21-20(14-26)15-27(13-18-5-3-2-4-6-18)24(30)22(21)23(29)25-10-7-19-9-12-31-16-19/h2-6,15,19H,7-14,16H2,1H3,(H,25,29). The SMILES string of the molecule is CC(=O)N1CCc2c(cn(Cc3ccccc3)c(=O)c2C(=O)NCCC2CCOC2)C1. The molecule has 2 amide bonds. The van der Waals surface area contributed by atoms with E-state index in [1.807, 2.05) is 36.5 Å². The van der Waals surface area contributed by atoms with Crippen LogP contribution in [0.4, 0.5) is 0 Å². The van der Waals surface area contributed by atoms with Crippen LogP contribution in [-0.4, -0.2) is 47.6 Å². The Morgan fingerprint density at radius 1 is 1.23 bits per heavy atom. The van der Waals surface area contributed by atoms with Gasteiger partial charge in [-0.05, 0) is 41.9 Å². The Balaban J connectivity index is 1.62. The highest BCUT2D eigenvalue weighted by molar-refractivity contribution is 5.95. The van der Waals surface area contributed by atoms with E-state index in [1.165, 1.54) is 0 Å². The van der Waals surface area contributed by atoms with Crippen molar-refractivity contribution in [3.05, 3.63) is 69.1 Å². The predicted molar refractivity (Wildman–Crippen MR) is 117 cm³/mol. The van der Waals surface area contributed by atoms with Crippen LogP contribution >= 0.6 is 0 Å². The van der Waals surface area contributed by atoms with Crippen LogP contribution in [0.1, 0.15) is 46.8 Å². The zero-order chi connectivity index (χ0) is 21.8. The van der Waals surface area contributed by atoms with E-state index in [0.717, 1.165) is 42.7 Å². The first-order chi connectivity index (χ1) is 15.0. The maximum absolute atomic E-state index is 13.3. The van der Waals surface area contributed by atoms with Crippen molar-refractivity contribution in [1.82, 2.24) is 14.8 Å². The maximum atomic E-state index is 13.3. The van der Waals surface area contributed by atoms with Gasteiger partial charge in [-0.25, -0.2) is 0 Å². The third kappa shape index (κ3) is 4.88. The minimum Gasteiger partial charge on any atom is -0.381 e. The van der Waals surface area contributed by atoms with Gasteiger partial charge in [0.05, 0.1) is 6.54 Å². The molecule has 1 N–H and O–H groups in total. The van der Waals surface area contributed by atoms with Crippen LogP contribution in [0.15, 0.2) is 41.3 Å². The van der Waals surface area contributed by atoms with Gasteiger partial charge >= 0.3 is 0 Å². The number of ether oxygens (including phenoxy) is 1. The number of carbonyl (C=O) groups is 2. The number of hydrogen-bond donors (Lipinski definition) is 1. The number of nitrogens with zero attached hydrogens (tertiary/aromatic N) is 2. The molecular formula is C24H29N3O4. The molecule has 0 spiro atoms. The number of aromatic nitrogens is 1. The number of carbonyl (C=O) groups excluding carboxylic acids is 2. The Kier molecular flexibility index (Phi) is 6.51. The van der Waals surface area contributed by atoms with Crippen LogP contribution in [0, 0.1) is 5.92 Å². The molecule has 3 heterocycles. The quantitative estimate of drug-likeness (QED) is 0.770. The molecule has 0 bridgehead atoms. The van der Waals surface area contributed by atoms with Gasteiger partial charge in [0.1, 0.15) is 5.56 Å². The van der Waals surface area contributed by atoms with Crippen molar-refractivity contribution in [2.24, 2.45) is 5.92 Å². The molecule has 164 valence electrons. The molecule has 1 fully saturated rings. The van der Waals surface area contributed by atoms with E-state index in [1.54, 1.807) is 16.4 Å². The van der Waals surface area contributed by atoms with E-state index < -0.39 is 0 Å². The summed E-state index contributed by atoms with van der Waals surface area (Å²) in [4.78, 5) is 40.1. The highest BCUT2D eigenvalue weighted by Crippen LogP contribution is 2.22. The van der Waals surface area contributed by atoms with Gasteiger partial charge in [-0.15, -0.1) is 0 Å². The third-order valence-corrected chi connectivity index (χ3v) is 6.20. The number of hydrogen-bond acceptors (Lipinski definition) is 4. The second-order valence-electron chi connectivity index (χ2n) is 8.39. The van der Waals surface area contributed by atoms with Gasteiger partial charge in [-0.3, -0.25) is 14.4 Å². The summed E-state index contributed by atoms with van der Waals surface area (Å²) >= 11 is 0. The molecule has 4 rings (SSSR count). The highest BCUT2D eigenvalue weighted by Gasteiger charge is 2.27. The number of amides is 2. The first-order valence-electron chi connectivity index (χ1n) is 10.9. The van der Waals surface area contributed by atoms with Crippen molar-refractivity contribution in [1.29, 1.82) is 0 Å². The fourth-order valence-corrected chi connectivity index (χ4v) is 4.40. The fraction of sp³-hybridized carbons (Fsp3) is 0.458. The zero-order valence-corrected chi connectivity index (χ0v) is 17.9. The van der Waals surface area contributed by atoms with Crippen LogP contribution in [0.3, 0.4) is 0 Å². The number of nitrogens with one attached hydrogen (secondary N) is 1. The van der Waals surface area contributed by atoms with Gasteiger partial charge < -0.3 is 19.5 Å². The Bertz CT molecular complexity index is 1010. The summed E-state index contributed by atoms with van der Waals surface area (Å²) in [5.41, 5.74) is 2.57. The number of rotatable bonds is 6. The van der Waals surface area contributed by atoms with E-state index >= 15 is 0 Å². The van der Waals surface area contributed by atoms with Crippen molar-refractivity contribution < 1.29 is 14.3 Å². The molecule has 7 heteroatoms. The van der Waals surface area contributed by atoms with Crippen molar-refractivity contribution in [2.45, 2.75) is 39.3 Å². The molecule has 1 unspecified atom stereocenters. The zero-order valence-electron chi connectivity index (χ0n) is 17.9. The highest BCUT2D eigenvalue weighted by atomic mass is 16.5. The summed E-state index contributed by atoms with van der Waals surface area (Å²) < 4.78 is 6.99. The summed E-state index contributed by atoms with van der Waals surface area (Å²) in [7, 11) is 0. The van der Waals surface area contributed by atoms with Gasteiger partial charge in [-0.2, -0.15) is 0 Å². The van der Waals surface area contributed by atoms with Crippen LogP contribution < -0.4 is 10.9 Å². The molecule has 1 atom stereocenters. The van der Waals surface area contributed by atoms with Crippen LogP contribution in [0.5, 0.6) is 0 Å². The van der Waals surface area contributed by atoms with Crippen molar-refractivity contribution in [3.8, 4) is 0 Å². The Hall–Kier alpha value is -2.93. The molecule has 0 aliphatic carbocycles. The number of pyridine rings is 1. The van der Waals surface area contributed by atoms with Crippen molar-refractivity contribution in [3.63, 3.8) is 0 Å². The molecule has 1 aromatic carbocycles. The van der Waals surface area contributed by atoms with E-state index in [9.17, 15) is 14.4 Å². The molecule has 2 aliphatic rings. The van der Waals surface area contributed by atoms with Crippen LogP contribution in [-0.2, 0) is 29.0 Å². The normalized spacial score (nSPS) is 18.0. The van der Waals surface area contributed by atoms with Gasteiger partial charge in [0.2, 0.25) is 5.91 Å². The average Bonchev–Trinajstić information content (AvgIpc) is 3.28. The lowest BCUT2D eigenvalue weighted by atomic mass is 9.95. The lowest BCUT2D eigenvalue weighted by molar-refractivity contribution is -0.129. The molecule has 0 saturated carbocycles. The molecule has 7 nitrogen and oxygen atoms in total. The summed E-state index contributed by atoms with van der Waals surface area (Å²) in [6.45, 7) is 4.90. The van der Waals surface area contributed by atoms with Gasteiger partial charge in [-0.1, -0.05) is 30.3 Å². The Morgan fingerprint density at radius 3 is 2.74 bits per heavy atom. The van der Waals surface area contributed by atoms with Crippen LogP contribution in [0.2, 0.25) is 0 Å². The molecule has 1 saturated heterocycles. The summed E-state index contributed by atoms with van der Waals surface area (Å²) in [5.74, 6) is 0.138. The summed E-state index contributed by atoms with van der Waals surface area (Å²) in [5, 5.41) is 2.95. The lowest BCUT2D eigenvalue weighted by Crippen LogP contribution is -2.41. The third-order valence-electron chi connectivity index (χ3n) is 6.20. The molecule has 2 aromatic rings. The fourth-order valence-electron chi connectivity index (χ4n) is 4.40. The first-order valence-corrected chi connectivity index (χ1v) is 10.9.